The van der Waals surface area contributed by atoms with Gasteiger partial charge in [0.05, 0.1) is 11.8 Å². The van der Waals surface area contributed by atoms with Crippen molar-refractivity contribution < 1.29 is 4.79 Å². The van der Waals surface area contributed by atoms with E-state index in [4.69, 9.17) is 0 Å². The number of carbonyl (C=O) groups is 1. The van der Waals surface area contributed by atoms with Crippen LogP contribution in [-0.2, 0) is 11.2 Å². The van der Waals surface area contributed by atoms with Crippen LogP contribution in [0, 0.1) is 0 Å². The van der Waals surface area contributed by atoms with Crippen LogP contribution in [0.1, 0.15) is 48.9 Å². The van der Waals surface area contributed by atoms with Crippen molar-refractivity contribution in [2.75, 3.05) is 12.8 Å². The summed E-state index contributed by atoms with van der Waals surface area (Å²) < 4.78 is 2.20. The molecule has 1 saturated carbocycles. The fourth-order valence-corrected chi connectivity index (χ4v) is 5.20. The molecule has 2 aliphatic carbocycles. The molecule has 0 radical (unpaired) electrons. The minimum Gasteiger partial charge on any atom is -0.338 e. The number of nitrogens with zero attached hydrogens (tertiary/aromatic N) is 5. The number of benzene rings is 1. The van der Waals surface area contributed by atoms with Gasteiger partial charge in [0.15, 0.2) is 11.0 Å². The van der Waals surface area contributed by atoms with E-state index in [0.29, 0.717) is 11.8 Å². The van der Waals surface area contributed by atoms with Gasteiger partial charge in [-0.25, -0.2) is 0 Å². The average Bonchev–Trinajstić information content (AvgIpc) is 3.55. The molecule has 0 saturated heterocycles. The zero-order valence-corrected chi connectivity index (χ0v) is 17.9. The van der Waals surface area contributed by atoms with Crippen molar-refractivity contribution in [3.05, 3.63) is 59.9 Å². The second-order valence-electron chi connectivity index (χ2n) is 8.04. The molecule has 0 aliphatic heterocycles. The molecule has 1 aromatic carbocycles. The molecule has 2 heterocycles. The van der Waals surface area contributed by atoms with Crippen LogP contribution < -0.4 is 0 Å². The first-order chi connectivity index (χ1) is 14.7. The molecular formula is C23H25N5OS. The third-order valence-corrected chi connectivity index (χ3v) is 6.97. The molecule has 0 spiro atoms. The number of aryl methyl sites for hydroxylation is 1. The SMILES string of the molecule is CN(C(=O)CSc1nnc(-c2ccncc2)n1C1CC1)[C@H]1CCCc2ccccc21. The molecule has 1 atom stereocenters. The Bertz CT molecular complexity index is 1050. The Hall–Kier alpha value is -2.67. The minimum atomic E-state index is 0.137. The molecule has 5 rings (SSSR count). The summed E-state index contributed by atoms with van der Waals surface area (Å²) >= 11 is 1.50. The Morgan fingerprint density at radius 3 is 2.73 bits per heavy atom. The molecule has 3 aromatic rings. The Balaban J connectivity index is 1.31. The number of hydrogen-bond donors (Lipinski definition) is 0. The predicted octanol–water partition coefficient (Wildman–Crippen LogP) is 4.30. The summed E-state index contributed by atoms with van der Waals surface area (Å²) in [6.45, 7) is 0. The van der Waals surface area contributed by atoms with Gasteiger partial charge in [-0.3, -0.25) is 14.3 Å². The van der Waals surface area contributed by atoms with Crippen molar-refractivity contribution in [2.45, 2.75) is 49.3 Å². The fourth-order valence-electron chi connectivity index (χ4n) is 4.27. The lowest BCUT2D eigenvalue weighted by atomic mass is 9.87. The van der Waals surface area contributed by atoms with E-state index in [9.17, 15) is 4.79 Å². The summed E-state index contributed by atoms with van der Waals surface area (Å²) in [5.74, 6) is 1.37. The van der Waals surface area contributed by atoms with Gasteiger partial charge in [-0.15, -0.1) is 10.2 Å². The normalized spacial score (nSPS) is 18.1. The third-order valence-electron chi connectivity index (χ3n) is 6.04. The monoisotopic (exact) mass is 419 g/mol. The second-order valence-corrected chi connectivity index (χ2v) is 8.99. The van der Waals surface area contributed by atoms with E-state index in [1.807, 2.05) is 24.1 Å². The number of rotatable bonds is 6. The molecule has 0 N–H and O–H groups in total. The number of hydrogen-bond acceptors (Lipinski definition) is 5. The highest BCUT2D eigenvalue weighted by molar-refractivity contribution is 7.99. The van der Waals surface area contributed by atoms with Crippen molar-refractivity contribution in [3.63, 3.8) is 0 Å². The largest absolute Gasteiger partial charge is 0.338 e. The number of carbonyl (C=O) groups excluding carboxylic acids is 1. The van der Waals surface area contributed by atoms with Crippen LogP contribution in [0.5, 0.6) is 0 Å². The topological polar surface area (TPSA) is 63.9 Å². The van der Waals surface area contributed by atoms with Crippen LogP contribution in [0.4, 0.5) is 0 Å². The molecule has 0 unspecified atom stereocenters. The van der Waals surface area contributed by atoms with Crippen molar-refractivity contribution in [3.8, 4) is 11.4 Å². The molecule has 1 fully saturated rings. The molecule has 6 nitrogen and oxygen atoms in total. The van der Waals surface area contributed by atoms with Gasteiger partial charge in [-0.05, 0) is 55.4 Å². The van der Waals surface area contributed by atoms with Gasteiger partial charge in [0, 0.05) is 31.0 Å². The van der Waals surface area contributed by atoms with Gasteiger partial charge < -0.3 is 4.90 Å². The van der Waals surface area contributed by atoms with Crippen LogP contribution in [-0.4, -0.2) is 43.4 Å². The minimum absolute atomic E-state index is 0.137. The Morgan fingerprint density at radius 2 is 1.93 bits per heavy atom. The van der Waals surface area contributed by atoms with Crippen LogP contribution in [0.25, 0.3) is 11.4 Å². The number of amides is 1. The summed E-state index contributed by atoms with van der Waals surface area (Å²) in [5, 5.41) is 9.68. The molecule has 0 bridgehead atoms. The number of thioether (sulfide) groups is 1. The van der Waals surface area contributed by atoms with Gasteiger partial charge in [-0.2, -0.15) is 0 Å². The van der Waals surface area contributed by atoms with Gasteiger partial charge in [0.1, 0.15) is 0 Å². The molecule has 2 aliphatic rings. The Kier molecular flexibility index (Phi) is 5.29. The summed E-state index contributed by atoms with van der Waals surface area (Å²) in [7, 11) is 1.93. The van der Waals surface area contributed by atoms with Crippen LogP contribution >= 0.6 is 11.8 Å². The van der Waals surface area contributed by atoms with Gasteiger partial charge in [0.2, 0.25) is 5.91 Å². The van der Waals surface area contributed by atoms with E-state index in [1.54, 1.807) is 12.4 Å². The molecule has 1 amide bonds. The Labute approximate surface area is 180 Å². The number of pyridine rings is 1. The highest BCUT2D eigenvalue weighted by Gasteiger charge is 2.31. The first-order valence-corrected chi connectivity index (χ1v) is 11.5. The van der Waals surface area contributed by atoms with Gasteiger partial charge >= 0.3 is 0 Å². The lowest BCUT2D eigenvalue weighted by Gasteiger charge is -2.33. The summed E-state index contributed by atoms with van der Waals surface area (Å²) in [4.78, 5) is 19.1. The smallest absolute Gasteiger partial charge is 0.233 e. The maximum Gasteiger partial charge on any atom is 0.233 e. The maximum absolute atomic E-state index is 13.0. The molecular weight excluding hydrogens is 394 g/mol. The van der Waals surface area contributed by atoms with E-state index < -0.39 is 0 Å². The lowest BCUT2D eigenvalue weighted by molar-refractivity contribution is -0.129. The maximum atomic E-state index is 13.0. The van der Waals surface area contributed by atoms with Crippen molar-refractivity contribution >= 4 is 17.7 Å². The van der Waals surface area contributed by atoms with Crippen molar-refractivity contribution in [1.29, 1.82) is 0 Å². The number of aromatic nitrogens is 4. The third kappa shape index (κ3) is 3.74. The molecule has 30 heavy (non-hydrogen) atoms. The number of fused-ring (bicyclic) bond motifs is 1. The Morgan fingerprint density at radius 1 is 1.13 bits per heavy atom. The van der Waals surface area contributed by atoms with Gasteiger partial charge in [-0.1, -0.05) is 36.0 Å². The highest BCUT2D eigenvalue weighted by atomic mass is 32.2. The molecule has 154 valence electrons. The summed E-state index contributed by atoms with van der Waals surface area (Å²) in [6.07, 6.45) is 9.06. The van der Waals surface area contributed by atoms with Crippen molar-refractivity contribution in [2.24, 2.45) is 0 Å². The van der Waals surface area contributed by atoms with E-state index in [0.717, 1.165) is 48.6 Å². The first-order valence-electron chi connectivity index (χ1n) is 10.5. The van der Waals surface area contributed by atoms with Crippen molar-refractivity contribution in [1.82, 2.24) is 24.6 Å². The predicted molar refractivity (Wildman–Crippen MR) is 117 cm³/mol. The highest BCUT2D eigenvalue weighted by Crippen LogP contribution is 2.41. The van der Waals surface area contributed by atoms with E-state index in [1.165, 1.54) is 22.9 Å². The zero-order valence-electron chi connectivity index (χ0n) is 17.1. The van der Waals surface area contributed by atoms with E-state index >= 15 is 0 Å². The van der Waals surface area contributed by atoms with Crippen LogP contribution in [0.2, 0.25) is 0 Å². The zero-order chi connectivity index (χ0) is 20.5. The molecule has 2 aromatic heterocycles. The fraction of sp³-hybridized carbons (Fsp3) is 0.391. The van der Waals surface area contributed by atoms with Gasteiger partial charge in [0.25, 0.3) is 0 Å². The second kappa shape index (κ2) is 8.22. The standard InChI is InChI=1S/C23H25N5OS/c1-27(20-8-4-6-16-5-2-3-7-19(16)20)21(29)15-30-23-26-25-22(28(23)18-9-10-18)17-11-13-24-14-12-17/h2-3,5,7,11-14,18,20H,4,6,8-10,15H2,1H3/t20-/m0/s1. The van der Waals surface area contributed by atoms with Crippen LogP contribution in [0.15, 0.2) is 53.9 Å². The average molecular weight is 420 g/mol. The first kappa shape index (κ1) is 19.3. The van der Waals surface area contributed by atoms with Crippen LogP contribution in [0.3, 0.4) is 0 Å². The van der Waals surface area contributed by atoms with E-state index in [2.05, 4.69) is 44.0 Å². The summed E-state index contributed by atoms with van der Waals surface area (Å²) in [5.41, 5.74) is 3.68. The lowest BCUT2D eigenvalue weighted by Crippen LogP contribution is -2.34. The summed E-state index contributed by atoms with van der Waals surface area (Å²) in [6, 6.07) is 13.0. The molecule has 7 heteroatoms. The van der Waals surface area contributed by atoms with E-state index in [-0.39, 0.29) is 11.9 Å². The quantitative estimate of drug-likeness (QED) is 0.557.